The van der Waals surface area contributed by atoms with Crippen LogP contribution in [0, 0.1) is 0 Å². The van der Waals surface area contributed by atoms with Crippen molar-refractivity contribution < 1.29 is 4.79 Å². The Balaban J connectivity index is 1.73. The second-order valence-corrected chi connectivity index (χ2v) is 5.98. The van der Waals surface area contributed by atoms with Crippen LogP contribution in [0.15, 0.2) is 41.7 Å². The Kier molecular flexibility index (Phi) is 2.82. The summed E-state index contributed by atoms with van der Waals surface area (Å²) in [6.45, 7) is 0. The molecule has 0 amide bonds. The maximum absolute atomic E-state index is 12.7. The fourth-order valence-corrected chi connectivity index (χ4v) is 3.57. The van der Waals surface area contributed by atoms with Gasteiger partial charge in [-0.2, -0.15) is 0 Å². The molecule has 1 aromatic heterocycles. The summed E-state index contributed by atoms with van der Waals surface area (Å²) in [5.74, 6) is 0.780. The van der Waals surface area contributed by atoms with Gasteiger partial charge in [0, 0.05) is 25.0 Å². The Morgan fingerprint density at radius 2 is 1.95 bits per heavy atom. The number of para-hydroxylation sites is 1. The number of ketones is 1. The first-order chi connectivity index (χ1) is 10.7. The van der Waals surface area contributed by atoms with Crippen LogP contribution in [0.4, 0.5) is 11.6 Å². The molecule has 5 nitrogen and oxygen atoms in total. The summed E-state index contributed by atoms with van der Waals surface area (Å²) in [4.78, 5) is 25.3. The second kappa shape index (κ2) is 4.73. The van der Waals surface area contributed by atoms with Crippen molar-refractivity contribution in [1.82, 2.24) is 9.97 Å². The van der Waals surface area contributed by atoms with Crippen molar-refractivity contribution in [3.63, 3.8) is 0 Å². The third-order valence-electron chi connectivity index (χ3n) is 4.76. The van der Waals surface area contributed by atoms with Crippen molar-refractivity contribution in [2.75, 3.05) is 5.73 Å². The van der Waals surface area contributed by atoms with Crippen molar-refractivity contribution in [1.29, 1.82) is 0 Å². The Labute approximate surface area is 128 Å². The van der Waals surface area contributed by atoms with Crippen LogP contribution in [0.2, 0.25) is 0 Å². The van der Waals surface area contributed by atoms with E-state index in [2.05, 4.69) is 15.0 Å². The molecule has 1 aliphatic carbocycles. The van der Waals surface area contributed by atoms with Gasteiger partial charge in [-0.3, -0.25) is 9.79 Å². The number of anilines is 1. The number of rotatable bonds is 1. The molecule has 4 rings (SSSR count). The van der Waals surface area contributed by atoms with Crippen LogP contribution in [0.25, 0.3) is 0 Å². The molecule has 0 saturated heterocycles. The smallest absolute Gasteiger partial charge is 0.219 e. The van der Waals surface area contributed by atoms with Gasteiger partial charge in [-0.05, 0) is 36.0 Å². The second-order valence-electron chi connectivity index (χ2n) is 5.98. The lowest BCUT2D eigenvalue weighted by molar-refractivity contribution is -0.124. The zero-order valence-corrected chi connectivity index (χ0v) is 12.1. The monoisotopic (exact) mass is 292 g/mol. The minimum atomic E-state index is -0.582. The number of carbonyl (C=O) groups is 1. The topological polar surface area (TPSA) is 81.2 Å². The highest BCUT2D eigenvalue weighted by molar-refractivity contribution is 6.10. The largest absolute Gasteiger partial charge is 0.368 e. The Morgan fingerprint density at radius 3 is 2.77 bits per heavy atom. The predicted molar refractivity (Wildman–Crippen MR) is 84.3 cm³/mol. The first kappa shape index (κ1) is 13.1. The number of nitrogens with two attached hydrogens (primary N) is 1. The Hall–Kier alpha value is -2.56. The minimum Gasteiger partial charge on any atom is -0.368 e. The molecule has 2 aromatic rings. The summed E-state index contributed by atoms with van der Waals surface area (Å²) in [6, 6.07) is 7.90. The predicted octanol–water partition coefficient (Wildman–Crippen LogP) is 2.55. The van der Waals surface area contributed by atoms with Gasteiger partial charge < -0.3 is 5.73 Å². The summed E-state index contributed by atoms with van der Waals surface area (Å²) in [6.07, 6.45) is 7.48. The number of hydrogen-bond acceptors (Lipinski definition) is 5. The Bertz CT molecular complexity index is 768. The summed E-state index contributed by atoms with van der Waals surface area (Å²) in [5, 5.41) is 0. The van der Waals surface area contributed by atoms with E-state index in [0.29, 0.717) is 6.42 Å². The van der Waals surface area contributed by atoms with Crippen LogP contribution in [0.5, 0.6) is 0 Å². The highest BCUT2D eigenvalue weighted by atomic mass is 16.1. The molecule has 2 heterocycles. The molecule has 1 saturated carbocycles. The number of fused-ring (bicyclic) bond motifs is 2. The van der Waals surface area contributed by atoms with Crippen molar-refractivity contribution in [3.05, 3.63) is 47.8 Å². The number of aliphatic imine (C=N–C) groups is 1. The van der Waals surface area contributed by atoms with E-state index in [9.17, 15) is 4.79 Å². The molecule has 2 N–H and O–H groups in total. The van der Waals surface area contributed by atoms with Gasteiger partial charge in [-0.25, -0.2) is 9.97 Å². The van der Waals surface area contributed by atoms with E-state index in [1.54, 1.807) is 12.4 Å². The van der Waals surface area contributed by atoms with Gasteiger partial charge in [0.25, 0.3) is 0 Å². The summed E-state index contributed by atoms with van der Waals surface area (Å²) in [7, 11) is 0. The Morgan fingerprint density at radius 1 is 1.18 bits per heavy atom. The van der Waals surface area contributed by atoms with E-state index < -0.39 is 5.41 Å². The van der Waals surface area contributed by atoms with E-state index in [4.69, 9.17) is 5.73 Å². The van der Waals surface area contributed by atoms with Gasteiger partial charge in [-0.1, -0.05) is 18.2 Å². The molecule has 1 spiro atoms. The van der Waals surface area contributed by atoms with Crippen LogP contribution in [0.1, 0.15) is 36.3 Å². The molecule has 2 aliphatic rings. The van der Waals surface area contributed by atoms with Gasteiger partial charge in [0.05, 0.1) is 11.1 Å². The van der Waals surface area contributed by atoms with Gasteiger partial charge in [-0.15, -0.1) is 0 Å². The fourth-order valence-electron chi connectivity index (χ4n) is 3.57. The number of carbonyl (C=O) groups excluding carboxylic acids is 1. The standard InChI is InChI=1S/C17H16N4O/c18-16-19-8-12(9-20-16)11-5-6-15(22)17(7-11)10-21-14-4-2-1-3-13(14)17/h1-4,8-11H,5-7H2,(H2,18,19,20). The van der Waals surface area contributed by atoms with Crippen molar-refractivity contribution >= 4 is 23.6 Å². The molecule has 22 heavy (non-hydrogen) atoms. The normalized spacial score (nSPS) is 26.4. The molecule has 2 unspecified atom stereocenters. The van der Waals surface area contributed by atoms with Gasteiger partial charge >= 0.3 is 0 Å². The lowest BCUT2D eigenvalue weighted by Gasteiger charge is -2.35. The summed E-state index contributed by atoms with van der Waals surface area (Å²) >= 11 is 0. The number of aromatic nitrogens is 2. The fraction of sp³-hybridized carbons (Fsp3) is 0.294. The highest BCUT2D eigenvalue weighted by Crippen LogP contribution is 2.48. The third-order valence-corrected chi connectivity index (χ3v) is 4.76. The average Bonchev–Trinajstić information content (AvgIpc) is 2.91. The number of nitrogens with zero attached hydrogens (tertiary/aromatic N) is 3. The first-order valence-electron chi connectivity index (χ1n) is 7.44. The van der Waals surface area contributed by atoms with Crippen molar-refractivity contribution in [3.8, 4) is 0 Å². The van der Waals surface area contributed by atoms with E-state index >= 15 is 0 Å². The average molecular weight is 292 g/mol. The molecular formula is C17H16N4O. The quantitative estimate of drug-likeness (QED) is 0.875. The van der Waals surface area contributed by atoms with E-state index in [0.717, 1.165) is 29.7 Å². The van der Waals surface area contributed by atoms with Gasteiger partial charge in [0.1, 0.15) is 5.78 Å². The maximum Gasteiger partial charge on any atom is 0.219 e. The third kappa shape index (κ3) is 1.85. The molecule has 1 fully saturated rings. The lowest BCUT2D eigenvalue weighted by atomic mass is 9.65. The molecule has 1 aromatic carbocycles. The van der Waals surface area contributed by atoms with Crippen LogP contribution >= 0.6 is 0 Å². The molecule has 5 heteroatoms. The first-order valence-corrected chi connectivity index (χ1v) is 7.44. The van der Waals surface area contributed by atoms with Crippen molar-refractivity contribution in [2.45, 2.75) is 30.6 Å². The molecule has 110 valence electrons. The zero-order valence-electron chi connectivity index (χ0n) is 12.1. The van der Waals surface area contributed by atoms with Crippen LogP contribution in [-0.4, -0.2) is 22.0 Å². The number of nitrogen functional groups attached to an aromatic ring is 1. The minimum absolute atomic E-state index is 0.246. The summed E-state index contributed by atoms with van der Waals surface area (Å²) < 4.78 is 0. The van der Waals surface area contributed by atoms with E-state index in [1.807, 2.05) is 30.5 Å². The number of benzene rings is 1. The van der Waals surface area contributed by atoms with Crippen LogP contribution in [0.3, 0.4) is 0 Å². The molecule has 2 atom stereocenters. The SMILES string of the molecule is Nc1ncc(C2CCC(=O)C3(C=Nc4ccccc43)C2)cn1. The highest BCUT2D eigenvalue weighted by Gasteiger charge is 2.47. The zero-order chi connectivity index (χ0) is 15.2. The lowest BCUT2D eigenvalue weighted by Crippen LogP contribution is -2.41. The maximum atomic E-state index is 12.7. The molecule has 0 bridgehead atoms. The number of Topliss-reactive ketones (excluding diaryl/α,β-unsaturated/α-hetero) is 1. The van der Waals surface area contributed by atoms with E-state index in [1.165, 1.54) is 0 Å². The van der Waals surface area contributed by atoms with Gasteiger partial charge in [0.15, 0.2) is 0 Å². The molecular weight excluding hydrogens is 276 g/mol. The molecule has 0 radical (unpaired) electrons. The molecule has 1 aliphatic heterocycles. The number of hydrogen-bond donors (Lipinski definition) is 1. The van der Waals surface area contributed by atoms with Crippen molar-refractivity contribution in [2.24, 2.45) is 4.99 Å². The summed E-state index contributed by atoms with van der Waals surface area (Å²) in [5.41, 5.74) is 7.95. The van der Waals surface area contributed by atoms with E-state index in [-0.39, 0.29) is 17.6 Å². The van der Waals surface area contributed by atoms with Gasteiger partial charge in [0.2, 0.25) is 5.95 Å². The van der Waals surface area contributed by atoms with Crippen LogP contribution in [-0.2, 0) is 10.2 Å². The van der Waals surface area contributed by atoms with Crippen LogP contribution < -0.4 is 5.73 Å².